The minimum absolute atomic E-state index is 0.229. The van der Waals surface area contributed by atoms with Crippen LogP contribution < -0.4 is 4.90 Å². The predicted octanol–water partition coefficient (Wildman–Crippen LogP) is 4.10. The highest BCUT2D eigenvalue weighted by molar-refractivity contribution is 7.99. The van der Waals surface area contributed by atoms with Crippen LogP contribution in [0.25, 0.3) is 0 Å². The van der Waals surface area contributed by atoms with Crippen molar-refractivity contribution >= 4 is 29.1 Å². The summed E-state index contributed by atoms with van der Waals surface area (Å²) in [5.74, 6) is -0.904. The van der Waals surface area contributed by atoms with E-state index in [9.17, 15) is 9.90 Å². The number of para-hydroxylation sites is 2. The summed E-state index contributed by atoms with van der Waals surface area (Å²) >= 11 is 1.81. The van der Waals surface area contributed by atoms with Gasteiger partial charge in [0.15, 0.2) is 0 Å². The summed E-state index contributed by atoms with van der Waals surface area (Å²) in [6, 6.07) is 17.0. The molecule has 0 bridgehead atoms. The Labute approximate surface area is 170 Å². The number of benzene rings is 2. The van der Waals surface area contributed by atoms with Gasteiger partial charge in [0.05, 0.1) is 30.5 Å². The van der Waals surface area contributed by atoms with Gasteiger partial charge in [0.25, 0.3) is 0 Å². The van der Waals surface area contributed by atoms with Crippen molar-refractivity contribution < 1.29 is 14.6 Å². The van der Waals surface area contributed by atoms with Crippen LogP contribution in [0.2, 0.25) is 0 Å². The number of anilines is 2. The molecule has 6 heteroatoms. The zero-order valence-corrected chi connectivity index (χ0v) is 16.7. The molecule has 2 aliphatic heterocycles. The molecule has 0 aromatic heterocycles. The number of piperidine rings is 1. The second-order valence-electron chi connectivity index (χ2n) is 7.28. The van der Waals surface area contributed by atoms with Crippen molar-refractivity contribution in [2.45, 2.75) is 22.6 Å². The molecule has 1 fully saturated rings. The summed E-state index contributed by atoms with van der Waals surface area (Å²) in [5.41, 5.74) is 2.46. The number of rotatable bonds is 7. The Hall–Kier alpha value is -2.02. The third-order valence-corrected chi connectivity index (χ3v) is 6.53. The zero-order valence-electron chi connectivity index (χ0n) is 15.9. The average Bonchev–Trinajstić information content (AvgIpc) is 2.73. The molecule has 2 aliphatic rings. The molecule has 0 saturated carbocycles. The molecule has 28 heavy (non-hydrogen) atoms. The monoisotopic (exact) mass is 398 g/mol. The Balaban J connectivity index is 1.30. The first-order valence-electron chi connectivity index (χ1n) is 9.89. The van der Waals surface area contributed by atoms with Gasteiger partial charge in [-0.3, -0.25) is 4.79 Å². The van der Waals surface area contributed by atoms with E-state index in [0.29, 0.717) is 19.8 Å². The van der Waals surface area contributed by atoms with Crippen molar-refractivity contribution in [3.05, 3.63) is 48.5 Å². The number of carbonyl (C=O) groups is 1. The lowest BCUT2D eigenvalue weighted by atomic mass is 9.98. The third-order valence-electron chi connectivity index (χ3n) is 5.40. The van der Waals surface area contributed by atoms with Gasteiger partial charge in [-0.05, 0) is 43.7 Å². The maximum atomic E-state index is 11.2. The van der Waals surface area contributed by atoms with E-state index in [-0.39, 0.29) is 5.92 Å². The van der Waals surface area contributed by atoms with Crippen LogP contribution in [0.4, 0.5) is 11.4 Å². The van der Waals surface area contributed by atoms with E-state index >= 15 is 0 Å². The average molecular weight is 399 g/mol. The highest BCUT2D eigenvalue weighted by Crippen LogP contribution is 2.47. The minimum atomic E-state index is -0.675. The van der Waals surface area contributed by atoms with Gasteiger partial charge in [-0.2, -0.15) is 0 Å². The van der Waals surface area contributed by atoms with Crippen LogP contribution in [-0.4, -0.2) is 55.4 Å². The first-order chi connectivity index (χ1) is 13.7. The van der Waals surface area contributed by atoms with Crippen molar-refractivity contribution in [2.75, 3.05) is 44.3 Å². The molecule has 0 aliphatic carbocycles. The molecule has 1 saturated heterocycles. The van der Waals surface area contributed by atoms with E-state index in [1.165, 1.54) is 21.2 Å². The van der Waals surface area contributed by atoms with Gasteiger partial charge in [0.1, 0.15) is 0 Å². The zero-order chi connectivity index (χ0) is 19.3. The third kappa shape index (κ3) is 4.35. The molecule has 2 heterocycles. The SMILES string of the molecule is O=C(O)C1CCCN(CCOCCN2c3ccccc3Sc3ccccc32)C1. The van der Waals surface area contributed by atoms with E-state index in [4.69, 9.17) is 4.74 Å². The lowest BCUT2D eigenvalue weighted by molar-refractivity contribution is -0.143. The smallest absolute Gasteiger partial charge is 0.307 e. The lowest BCUT2D eigenvalue weighted by Crippen LogP contribution is -2.40. The Bertz CT molecular complexity index is 783. The molecule has 1 atom stereocenters. The fraction of sp³-hybridized carbons (Fsp3) is 0.409. The topological polar surface area (TPSA) is 53.0 Å². The molecule has 4 rings (SSSR count). The summed E-state index contributed by atoms with van der Waals surface area (Å²) < 4.78 is 5.93. The van der Waals surface area contributed by atoms with Gasteiger partial charge in [-0.25, -0.2) is 0 Å². The molecular weight excluding hydrogens is 372 g/mol. The summed E-state index contributed by atoms with van der Waals surface area (Å²) in [5, 5.41) is 9.21. The number of aliphatic carboxylic acids is 1. The van der Waals surface area contributed by atoms with E-state index in [1.807, 2.05) is 11.8 Å². The van der Waals surface area contributed by atoms with E-state index in [0.717, 1.165) is 32.5 Å². The van der Waals surface area contributed by atoms with E-state index in [1.54, 1.807) is 0 Å². The number of hydrogen-bond acceptors (Lipinski definition) is 5. The van der Waals surface area contributed by atoms with Crippen LogP contribution in [0, 0.1) is 5.92 Å². The van der Waals surface area contributed by atoms with Crippen LogP contribution in [0.15, 0.2) is 58.3 Å². The highest BCUT2D eigenvalue weighted by atomic mass is 32.2. The lowest BCUT2D eigenvalue weighted by Gasteiger charge is -2.33. The van der Waals surface area contributed by atoms with Gasteiger partial charge in [-0.1, -0.05) is 36.0 Å². The molecule has 1 unspecified atom stereocenters. The quantitative estimate of drug-likeness (QED) is 0.709. The number of carboxylic acid groups (broad SMARTS) is 1. The molecule has 0 radical (unpaired) electrons. The summed E-state index contributed by atoms with van der Waals surface area (Å²) in [7, 11) is 0. The molecule has 2 aromatic carbocycles. The summed E-state index contributed by atoms with van der Waals surface area (Å²) in [6.45, 7) is 4.49. The fourth-order valence-electron chi connectivity index (χ4n) is 3.93. The molecule has 5 nitrogen and oxygen atoms in total. The van der Waals surface area contributed by atoms with Crippen LogP contribution in [0.1, 0.15) is 12.8 Å². The van der Waals surface area contributed by atoms with Crippen LogP contribution in [0.5, 0.6) is 0 Å². The van der Waals surface area contributed by atoms with Crippen molar-refractivity contribution in [1.82, 2.24) is 4.90 Å². The van der Waals surface area contributed by atoms with Gasteiger partial charge in [0, 0.05) is 29.4 Å². The van der Waals surface area contributed by atoms with Crippen molar-refractivity contribution in [2.24, 2.45) is 5.92 Å². The van der Waals surface area contributed by atoms with Crippen molar-refractivity contribution in [1.29, 1.82) is 0 Å². The molecule has 0 amide bonds. The van der Waals surface area contributed by atoms with Crippen LogP contribution >= 0.6 is 11.8 Å². The first kappa shape index (κ1) is 19.3. The first-order valence-corrected chi connectivity index (χ1v) is 10.7. The number of hydrogen-bond donors (Lipinski definition) is 1. The van der Waals surface area contributed by atoms with E-state index in [2.05, 4.69) is 58.3 Å². The second kappa shape index (κ2) is 8.99. The van der Waals surface area contributed by atoms with Crippen molar-refractivity contribution in [3.63, 3.8) is 0 Å². The molecular formula is C22H26N2O3S. The second-order valence-corrected chi connectivity index (χ2v) is 8.36. The molecule has 148 valence electrons. The standard InChI is InChI=1S/C22H26N2O3S/c25-22(26)17-6-5-11-23(16-17)12-14-27-15-13-24-18-7-1-3-9-20(18)28-21-10-4-2-8-19(21)24/h1-4,7-10,17H,5-6,11-16H2,(H,25,26). The van der Waals surface area contributed by atoms with Crippen LogP contribution in [0.3, 0.4) is 0 Å². The molecule has 2 aromatic rings. The molecule has 0 spiro atoms. The number of likely N-dealkylation sites (tertiary alicyclic amines) is 1. The summed E-state index contributed by atoms with van der Waals surface area (Å²) in [4.78, 5) is 18.3. The Morgan fingerprint density at radius 3 is 2.36 bits per heavy atom. The Kier molecular flexibility index (Phi) is 6.20. The largest absolute Gasteiger partial charge is 0.481 e. The maximum Gasteiger partial charge on any atom is 0.307 e. The number of nitrogens with zero attached hydrogens (tertiary/aromatic N) is 2. The maximum absolute atomic E-state index is 11.2. The fourth-order valence-corrected chi connectivity index (χ4v) is 5.03. The van der Waals surface area contributed by atoms with Gasteiger partial charge >= 0.3 is 5.97 Å². The minimum Gasteiger partial charge on any atom is -0.481 e. The highest BCUT2D eigenvalue weighted by Gasteiger charge is 2.25. The predicted molar refractivity (Wildman–Crippen MR) is 112 cm³/mol. The Morgan fingerprint density at radius 1 is 1.04 bits per heavy atom. The molecule has 1 N–H and O–H groups in total. The number of ether oxygens (including phenoxy) is 1. The normalized spacial score (nSPS) is 19.1. The van der Waals surface area contributed by atoms with Gasteiger partial charge < -0.3 is 19.6 Å². The van der Waals surface area contributed by atoms with E-state index < -0.39 is 5.97 Å². The van der Waals surface area contributed by atoms with Gasteiger partial charge in [0.2, 0.25) is 0 Å². The van der Waals surface area contributed by atoms with Crippen molar-refractivity contribution in [3.8, 4) is 0 Å². The Morgan fingerprint density at radius 2 is 1.68 bits per heavy atom. The van der Waals surface area contributed by atoms with Gasteiger partial charge in [-0.15, -0.1) is 0 Å². The number of fused-ring (bicyclic) bond motifs is 2. The van der Waals surface area contributed by atoms with Crippen LogP contribution in [-0.2, 0) is 9.53 Å². The summed E-state index contributed by atoms with van der Waals surface area (Å²) in [6.07, 6.45) is 1.74. The number of carboxylic acids is 1.